The van der Waals surface area contributed by atoms with Crippen molar-refractivity contribution in [2.45, 2.75) is 19.3 Å². The number of hydrogen-bond acceptors (Lipinski definition) is 4. The monoisotopic (exact) mass is 816 g/mol. The molecule has 11 aromatic carbocycles. The fourth-order valence-electron chi connectivity index (χ4n) is 9.48. The van der Waals surface area contributed by atoms with Crippen molar-refractivity contribution in [3.63, 3.8) is 0 Å². The van der Waals surface area contributed by atoms with Gasteiger partial charge in [-0.15, -0.1) is 0 Å². The predicted molar refractivity (Wildman–Crippen MR) is 262 cm³/mol. The lowest BCUT2D eigenvalue weighted by Crippen LogP contribution is -2.14. The van der Waals surface area contributed by atoms with Gasteiger partial charge in [0.25, 0.3) is 0 Å². The summed E-state index contributed by atoms with van der Waals surface area (Å²) in [4.78, 5) is 0. The van der Waals surface area contributed by atoms with Gasteiger partial charge in [-0.25, -0.2) is 0 Å². The summed E-state index contributed by atoms with van der Waals surface area (Å²) in [5, 5.41) is 52.2. The zero-order valence-electron chi connectivity index (χ0n) is 34.9. The molecule has 1 aliphatic rings. The quantitative estimate of drug-likeness (QED) is 0.140. The van der Waals surface area contributed by atoms with Crippen molar-refractivity contribution in [1.82, 2.24) is 0 Å². The predicted octanol–water partition coefficient (Wildman–Crippen LogP) is 15.3. The maximum Gasteiger partial charge on any atom is 0.124 e. The van der Waals surface area contributed by atoms with Crippen LogP contribution in [0.4, 0.5) is 0 Å². The molecule has 0 aliphatic heterocycles. The van der Waals surface area contributed by atoms with Crippen molar-refractivity contribution < 1.29 is 20.4 Å². The van der Waals surface area contributed by atoms with Crippen LogP contribution in [0.3, 0.4) is 0 Å². The van der Waals surface area contributed by atoms with Crippen molar-refractivity contribution >= 4 is 53.9 Å². The molecule has 0 bridgehead atoms. The Balaban J connectivity index is 0.000000113. The van der Waals surface area contributed by atoms with Crippen LogP contribution in [0.5, 0.6) is 23.0 Å². The summed E-state index contributed by atoms with van der Waals surface area (Å²) in [7, 11) is 0. The highest BCUT2D eigenvalue weighted by Crippen LogP contribution is 2.50. The van der Waals surface area contributed by atoms with Gasteiger partial charge in [0.1, 0.15) is 23.0 Å². The SMILES string of the molecule is CC1(C)c2ccccc2-c2cc3ccccc3cc21.Oc1ccc2ccccc2c1-c1c(O)ccc2ccccc12.Oc1ccc2ccccc2c1-c1c(O)ccc2ccccc12. The third kappa shape index (κ3) is 6.83. The second kappa shape index (κ2) is 15.7. The molecule has 4 heteroatoms. The average molecular weight is 817 g/mol. The van der Waals surface area contributed by atoms with E-state index in [2.05, 4.69) is 74.5 Å². The Morgan fingerprint density at radius 1 is 0.270 bits per heavy atom. The van der Waals surface area contributed by atoms with Gasteiger partial charge in [-0.05, 0) is 113 Å². The van der Waals surface area contributed by atoms with Crippen molar-refractivity contribution in [2.24, 2.45) is 0 Å². The van der Waals surface area contributed by atoms with Crippen LogP contribution in [-0.4, -0.2) is 20.4 Å². The molecule has 4 N–H and O–H groups in total. The van der Waals surface area contributed by atoms with E-state index in [1.54, 1.807) is 24.3 Å². The highest BCUT2D eigenvalue weighted by Gasteiger charge is 2.35. The molecule has 0 spiro atoms. The number of fused-ring (bicyclic) bond motifs is 8. The van der Waals surface area contributed by atoms with Crippen molar-refractivity contribution in [2.75, 3.05) is 0 Å². The Bertz CT molecular complexity index is 3210. The van der Waals surface area contributed by atoms with Gasteiger partial charge in [-0.2, -0.15) is 0 Å². The summed E-state index contributed by atoms with van der Waals surface area (Å²) in [6.45, 7) is 4.65. The highest BCUT2D eigenvalue weighted by atomic mass is 16.3. The first-order chi connectivity index (χ1) is 30.7. The minimum Gasteiger partial charge on any atom is -0.507 e. The lowest BCUT2D eigenvalue weighted by Gasteiger charge is -2.21. The van der Waals surface area contributed by atoms with Crippen LogP contribution >= 0.6 is 0 Å². The number of aromatic hydroxyl groups is 4. The third-order valence-corrected chi connectivity index (χ3v) is 12.6. The number of phenols is 4. The van der Waals surface area contributed by atoms with Crippen LogP contribution in [0.1, 0.15) is 25.0 Å². The van der Waals surface area contributed by atoms with E-state index in [1.165, 1.54) is 33.0 Å². The fraction of sp³-hybridized carbons (Fsp3) is 0.0508. The van der Waals surface area contributed by atoms with Gasteiger partial charge in [0.15, 0.2) is 0 Å². The lowest BCUT2D eigenvalue weighted by molar-refractivity contribution is 0.470. The lowest BCUT2D eigenvalue weighted by atomic mass is 9.82. The molecular formula is C59H44O4. The minimum absolute atomic E-state index is 0.107. The Hall–Kier alpha value is -8.08. The van der Waals surface area contributed by atoms with E-state index in [4.69, 9.17) is 0 Å². The summed E-state index contributed by atoms with van der Waals surface area (Å²) in [6, 6.07) is 67.9. The molecule has 0 unspecified atom stereocenters. The van der Waals surface area contributed by atoms with Gasteiger partial charge in [0.05, 0.1) is 0 Å². The summed E-state index contributed by atoms with van der Waals surface area (Å²) >= 11 is 0. The van der Waals surface area contributed by atoms with Gasteiger partial charge in [0.2, 0.25) is 0 Å². The summed E-state index contributed by atoms with van der Waals surface area (Å²) in [5.74, 6) is 0.686. The molecule has 0 saturated carbocycles. The summed E-state index contributed by atoms with van der Waals surface area (Å²) in [5.41, 5.74) is 8.50. The van der Waals surface area contributed by atoms with Crippen LogP contribution in [0.15, 0.2) is 206 Å². The molecule has 4 nitrogen and oxygen atoms in total. The Morgan fingerprint density at radius 2 is 0.571 bits per heavy atom. The fourth-order valence-corrected chi connectivity index (χ4v) is 9.48. The molecule has 0 saturated heterocycles. The van der Waals surface area contributed by atoms with Crippen LogP contribution < -0.4 is 0 Å². The Labute approximate surface area is 365 Å². The minimum atomic E-state index is 0.107. The molecular weight excluding hydrogens is 773 g/mol. The van der Waals surface area contributed by atoms with Gasteiger partial charge in [0, 0.05) is 27.7 Å². The van der Waals surface area contributed by atoms with Crippen molar-refractivity contribution in [1.29, 1.82) is 0 Å². The first kappa shape index (κ1) is 39.1. The largest absolute Gasteiger partial charge is 0.507 e. The second-order valence-electron chi connectivity index (χ2n) is 16.6. The first-order valence-corrected chi connectivity index (χ1v) is 21.2. The second-order valence-corrected chi connectivity index (χ2v) is 16.6. The molecule has 63 heavy (non-hydrogen) atoms. The van der Waals surface area contributed by atoms with Crippen LogP contribution in [0.2, 0.25) is 0 Å². The van der Waals surface area contributed by atoms with E-state index in [0.717, 1.165) is 43.1 Å². The third-order valence-electron chi connectivity index (χ3n) is 12.6. The highest BCUT2D eigenvalue weighted by molar-refractivity contribution is 6.11. The maximum absolute atomic E-state index is 10.4. The van der Waals surface area contributed by atoms with E-state index >= 15 is 0 Å². The molecule has 11 aromatic rings. The van der Waals surface area contributed by atoms with Crippen LogP contribution in [0.25, 0.3) is 87.2 Å². The Kier molecular flexibility index (Phi) is 9.77. The molecule has 304 valence electrons. The van der Waals surface area contributed by atoms with E-state index in [1.807, 2.05) is 121 Å². The number of rotatable bonds is 2. The van der Waals surface area contributed by atoms with Crippen molar-refractivity contribution in [3.05, 3.63) is 217 Å². The molecule has 0 fully saturated rings. The van der Waals surface area contributed by atoms with E-state index in [-0.39, 0.29) is 28.4 Å². The molecule has 0 radical (unpaired) electrons. The smallest absolute Gasteiger partial charge is 0.124 e. The zero-order valence-corrected chi connectivity index (χ0v) is 34.9. The number of phenolic OH excluding ortho intramolecular Hbond substituents is 4. The summed E-state index contributed by atoms with van der Waals surface area (Å²) < 4.78 is 0. The van der Waals surface area contributed by atoms with Crippen LogP contribution in [0, 0.1) is 0 Å². The van der Waals surface area contributed by atoms with Gasteiger partial charge in [-0.3, -0.25) is 0 Å². The van der Waals surface area contributed by atoms with Crippen molar-refractivity contribution in [3.8, 4) is 56.4 Å². The first-order valence-electron chi connectivity index (χ1n) is 21.2. The molecule has 0 heterocycles. The topological polar surface area (TPSA) is 80.9 Å². The molecule has 0 aromatic heterocycles. The number of benzene rings is 11. The number of hydrogen-bond donors (Lipinski definition) is 4. The molecule has 12 rings (SSSR count). The summed E-state index contributed by atoms with van der Waals surface area (Å²) in [6.07, 6.45) is 0. The zero-order chi connectivity index (χ0) is 43.2. The van der Waals surface area contributed by atoms with E-state index in [0.29, 0.717) is 22.3 Å². The van der Waals surface area contributed by atoms with E-state index in [9.17, 15) is 20.4 Å². The van der Waals surface area contributed by atoms with Crippen LogP contribution in [-0.2, 0) is 5.41 Å². The van der Waals surface area contributed by atoms with Gasteiger partial charge >= 0.3 is 0 Å². The molecule has 1 aliphatic carbocycles. The average Bonchev–Trinajstić information content (AvgIpc) is 3.54. The molecule has 0 atom stereocenters. The normalized spacial score (nSPS) is 12.3. The molecule has 0 amide bonds. The Morgan fingerprint density at radius 3 is 0.952 bits per heavy atom. The van der Waals surface area contributed by atoms with Gasteiger partial charge in [-0.1, -0.05) is 184 Å². The van der Waals surface area contributed by atoms with Gasteiger partial charge < -0.3 is 20.4 Å². The maximum atomic E-state index is 10.4. The van der Waals surface area contributed by atoms with E-state index < -0.39 is 0 Å². The standard InChI is InChI=1S/2C20H14O2.C19H16/c2*21-17-11-9-13-5-1-3-7-15(13)19(17)20-16-8-4-2-6-14(16)10-12-18(20)22;1-19(2)17-10-6-5-9-15(17)16-11-13-7-3-4-8-14(13)12-18(16)19/h2*1-12,21-22H;3-12H,1-2H3.